The molecule has 3 aromatic rings. The first-order chi connectivity index (χ1) is 18.8. The molecule has 3 aliphatic rings. The maximum Gasteiger partial charge on any atom is 0.351 e. The first-order valence-electron chi connectivity index (χ1n) is 13.6. The molecule has 0 radical (unpaired) electrons. The zero-order valence-corrected chi connectivity index (χ0v) is 23.5. The van der Waals surface area contributed by atoms with Gasteiger partial charge in [-0.05, 0) is 45.9 Å². The highest BCUT2D eigenvalue weighted by molar-refractivity contribution is 6.18. The summed E-state index contributed by atoms with van der Waals surface area (Å²) >= 11 is 0. The number of carbonyl (C=O) groups is 3. The van der Waals surface area contributed by atoms with Crippen LogP contribution in [0.5, 0.6) is 5.75 Å². The third-order valence-electron chi connectivity index (χ3n) is 9.64. The van der Waals surface area contributed by atoms with Gasteiger partial charge >= 0.3 is 23.5 Å². The largest absolute Gasteiger partial charge is 0.483 e. The molecule has 1 aliphatic carbocycles. The fourth-order valence-electron chi connectivity index (χ4n) is 6.68. The highest BCUT2D eigenvalue weighted by Gasteiger charge is 2.76. The SMILES string of the molecule is CCOC(=O)c1cc(=O)oc2c3c(c4ccccc4c12)OC(C)(C)C(OC(=O)[C@@]12CC[C@@](C)(C(=O)O1)C2(C)C)C3. The Labute approximate surface area is 230 Å². The predicted octanol–water partition coefficient (Wildman–Crippen LogP) is 4.87. The second-order valence-electron chi connectivity index (χ2n) is 12.2. The molecule has 9 nitrogen and oxygen atoms in total. The van der Waals surface area contributed by atoms with Crippen LogP contribution >= 0.6 is 0 Å². The Hall–Kier alpha value is -3.88. The topological polar surface area (TPSA) is 118 Å². The highest BCUT2D eigenvalue weighted by atomic mass is 16.6. The van der Waals surface area contributed by atoms with Gasteiger partial charge in [-0.3, -0.25) is 4.79 Å². The summed E-state index contributed by atoms with van der Waals surface area (Å²) in [5.74, 6) is -1.16. The quantitative estimate of drug-likeness (QED) is 0.195. The summed E-state index contributed by atoms with van der Waals surface area (Å²) in [6, 6.07) is 8.51. The van der Waals surface area contributed by atoms with Gasteiger partial charge in [0.2, 0.25) is 5.60 Å². The van der Waals surface area contributed by atoms with Crippen molar-refractivity contribution in [3.05, 3.63) is 51.9 Å². The maximum absolute atomic E-state index is 13.9. The number of hydrogen-bond acceptors (Lipinski definition) is 9. The van der Waals surface area contributed by atoms with Gasteiger partial charge in [0, 0.05) is 34.2 Å². The minimum absolute atomic E-state index is 0.0919. The lowest BCUT2D eigenvalue weighted by Crippen LogP contribution is -2.55. The van der Waals surface area contributed by atoms with Crippen molar-refractivity contribution in [2.45, 2.75) is 78.1 Å². The van der Waals surface area contributed by atoms with Gasteiger partial charge in [0.05, 0.1) is 17.6 Å². The molecule has 2 fully saturated rings. The van der Waals surface area contributed by atoms with Crippen LogP contribution in [-0.4, -0.2) is 41.8 Å². The van der Waals surface area contributed by atoms with Crippen molar-refractivity contribution in [2.75, 3.05) is 6.61 Å². The summed E-state index contributed by atoms with van der Waals surface area (Å²) in [6.07, 6.45) is 0.230. The van der Waals surface area contributed by atoms with Gasteiger partial charge in [-0.15, -0.1) is 0 Å². The molecule has 1 unspecified atom stereocenters. The van der Waals surface area contributed by atoms with Crippen LogP contribution in [0.2, 0.25) is 0 Å². The number of ether oxygens (including phenoxy) is 4. The number of hydrogen-bond donors (Lipinski definition) is 0. The van der Waals surface area contributed by atoms with Gasteiger partial charge in [0.1, 0.15) is 23.0 Å². The number of fused-ring (bicyclic) bond motifs is 8. The molecule has 2 bridgehead atoms. The zero-order valence-electron chi connectivity index (χ0n) is 23.5. The molecule has 3 atom stereocenters. The van der Waals surface area contributed by atoms with Crippen molar-refractivity contribution in [1.29, 1.82) is 0 Å². The molecule has 2 aromatic carbocycles. The van der Waals surface area contributed by atoms with Crippen LogP contribution in [0.4, 0.5) is 0 Å². The third kappa shape index (κ3) is 3.26. The molecule has 1 saturated carbocycles. The fraction of sp³-hybridized carbons (Fsp3) is 0.484. The summed E-state index contributed by atoms with van der Waals surface area (Å²) in [4.78, 5) is 52.2. The van der Waals surface area contributed by atoms with E-state index in [1.54, 1.807) is 6.92 Å². The minimum atomic E-state index is -1.40. The Morgan fingerprint density at radius 2 is 1.70 bits per heavy atom. The molecular weight excluding hydrogens is 516 g/mol. The van der Waals surface area contributed by atoms with E-state index in [9.17, 15) is 19.2 Å². The summed E-state index contributed by atoms with van der Waals surface area (Å²) in [5.41, 5.74) is -3.86. The van der Waals surface area contributed by atoms with E-state index < -0.39 is 51.7 Å². The lowest BCUT2D eigenvalue weighted by Gasteiger charge is -2.42. The fourth-order valence-corrected chi connectivity index (χ4v) is 6.68. The van der Waals surface area contributed by atoms with Gasteiger partial charge in [-0.1, -0.05) is 38.1 Å². The first kappa shape index (κ1) is 26.3. The van der Waals surface area contributed by atoms with E-state index in [1.807, 2.05) is 58.9 Å². The van der Waals surface area contributed by atoms with Crippen LogP contribution in [0.15, 0.2) is 39.5 Å². The predicted molar refractivity (Wildman–Crippen MR) is 144 cm³/mol. The van der Waals surface area contributed by atoms with E-state index in [4.69, 9.17) is 23.4 Å². The third-order valence-corrected chi connectivity index (χ3v) is 9.64. The van der Waals surface area contributed by atoms with Crippen molar-refractivity contribution >= 4 is 39.6 Å². The van der Waals surface area contributed by atoms with Crippen molar-refractivity contribution in [3.63, 3.8) is 0 Å². The van der Waals surface area contributed by atoms with E-state index >= 15 is 0 Å². The van der Waals surface area contributed by atoms with Crippen molar-refractivity contribution in [1.82, 2.24) is 0 Å². The molecule has 1 aromatic heterocycles. The Balaban J connectivity index is 1.49. The van der Waals surface area contributed by atoms with Crippen molar-refractivity contribution < 1.29 is 37.7 Å². The number of rotatable bonds is 4. The molecule has 9 heteroatoms. The molecular formula is C31H32O9. The normalized spacial score (nSPS) is 27.6. The second kappa shape index (κ2) is 8.32. The molecule has 3 heterocycles. The summed E-state index contributed by atoms with van der Waals surface area (Å²) in [5, 5.41) is 1.81. The smallest absolute Gasteiger partial charge is 0.351 e. The lowest BCUT2D eigenvalue weighted by molar-refractivity contribution is -0.194. The molecule has 210 valence electrons. The molecule has 2 aliphatic heterocycles. The van der Waals surface area contributed by atoms with Crippen LogP contribution in [0.25, 0.3) is 21.7 Å². The Kier molecular flexibility index (Phi) is 5.48. The molecule has 1 saturated heterocycles. The van der Waals surface area contributed by atoms with Gasteiger partial charge < -0.3 is 23.4 Å². The van der Waals surface area contributed by atoms with Crippen LogP contribution < -0.4 is 10.4 Å². The molecule has 40 heavy (non-hydrogen) atoms. The Morgan fingerprint density at radius 3 is 2.33 bits per heavy atom. The molecule has 6 rings (SSSR count). The Morgan fingerprint density at radius 1 is 1.00 bits per heavy atom. The van der Waals surface area contributed by atoms with Gasteiger partial charge in [-0.2, -0.15) is 0 Å². The summed E-state index contributed by atoms with van der Waals surface area (Å²) in [7, 11) is 0. The second-order valence-corrected chi connectivity index (χ2v) is 12.2. The first-order valence-corrected chi connectivity index (χ1v) is 13.6. The maximum atomic E-state index is 13.9. The van der Waals surface area contributed by atoms with E-state index in [2.05, 4.69) is 0 Å². The van der Waals surface area contributed by atoms with E-state index in [0.29, 0.717) is 34.9 Å². The zero-order chi connectivity index (χ0) is 28.8. The number of benzene rings is 2. The highest BCUT2D eigenvalue weighted by Crippen LogP contribution is 2.66. The van der Waals surface area contributed by atoms with E-state index in [-0.39, 0.29) is 24.2 Å². The minimum Gasteiger partial charge on any atom is -0.483 e. The Bertz CT molecular complexity index is 1680. The van der Waals surface area contributed by atoms with Gasteiger partial charge in [0.15, 0.2) is 0 Å². The average molecular weight is 549 g/mol. The van der Waals surface area contributed by atoms with Gasteiger partial charge in [-0.25, -0.2) is 14.4 Å². The van der Waals surface area contributed by atoms with Crippen LogP contribution in [0.3, 0.4) is 0 Å². The van der Waals surface area contributed by atoms with Crippen molar-refractivity contribution in [2.24, 2.45) is 10.8 Å². The van der Waals surface area contributed by atoms with Crippen LogP contribution in [0, 0.1) is 10.8 Å². The lowest BCUT2D eigenvalue weighted by atomic mass is 9.66. The molecule has 0 N–H and O–H groups in total. The van der Waals surface area contributed by atoms with E-state index in [0.717, 1.165) is 11.5 Å². The van der Waals surface area contributed by atoms with Crippen molar-refractivity contribution in [3.8, 4) is 5.75 Å². The van der Waals surface area contributed by atoms with Crippen LogP contribution in [-0.2, 0) is 30.2 Å². The van der Waals surface area contributed by atoms with Crippen LogP contribution in [0.1, 0.15) is 70.3 Å². The monoisotopic (exact) mass is 548 g/mol. The molecule has 0 spiro atoms. The van der Waals surface area contributed by atoms with Gasteiger partial charge in [0.25, 0.3) is 0 Å². The number of esters is 3. The standard InChI is InChI=1S/C31H32O9/c1-7-36-25(33)18-15-21(32)38-24-19-14-20(28(2,3)39-23(19)17-11-9-8-10-16(17)22(18)24)37-27(35)31-13-12-30(6,26(34)40-31)29(31,4)5/h8-11,15,20H,7,12-14H2,1-6H3/t20?,30-,31+/m0/s1. The molecule has 0 amide bonds. The summed E-state index contributed by atoms with van der Waals surface area (Å²) < 4.78 is 29.4. The average Bonchev–Trinajstić information content (AvgIpc) is 3.19. The summed E-state index contributed by atoms with van der Waals surface area (Å²) in [6.45, 7) is 11.0. The number of carbonyl (C=O) groups excluding carboxylic acids is 3. The van der Waals surface area contributed by atoms with E-state index in [1.165, 1.54) is 0 Å².